The highest BCUT2D eigenvalue weighted by Crippen LogP contribution is 2.39. The number of anilines is 1. The van der Waals surface area contributed by atoms with E-state index in [9.17, 15) is 0 Å². The largest absolute Gasteiger partial charge is 0.336 e. The van der Waals surface area contributed by atoms with E-state index in [1.807, 2.05) is 18.2 Å². The molecule has 0 aliphatic rings. The van der Waals surface area contributed by atoms with Crippen LogP contribution in [0.2, 0.25) is 0 Å². The molecule has 3 aromatic carbocycles. The van der Waals surface area contributed by atoms with Crippen LogP contribution in [0.4, 0.5) is 5.95 Å². The Morgan fingerprint density at radius 2 is 1.08 bits per heavy atom. The van der Waals surface area contributed by atoms with Crippen LogP contribution >= 0.6 is 11.5 Å². The molecule has 0 spiro atoms. The second-order valence-electron chi connectivity index (χ2n) is 5.73. The average molecular weight is 343 g/mol. The fourth-order valence-corrected chi connectivity index (χ4v) is 3.56. The number of rotatable bonds is 5. The van der Waals surface area contributed by atoms with Gasteiger partial charge >= 0.3 is 0 Å². The average Bonchev–Trinajstić information content (AvgIpc) is 3.21. The van der Waals surface area contributed by atoms with Crippen LogP contribution in [0.1, 0.15) is 16.7 Å². The zero-order valence-corrected chi connectivity index (χ0v) is 14.4. The minimum Gasteiger partial charge on any atom is -0.336 e. The molecule has 0 atom stereocenters. The molecule has 0 amide bonds. The molecule has 0 unspecified atom stereocenters. The Hall–Kier alpha value is -2.98. The summed E-state index contributed by atoms with van der Waals surface area (Å²) >= 11 is 1.34. The van der Waals surface area contributed by atoms with Gasteiger partial charge in [0.2, 0.25) is 5.95 Å². The molecule has 1 N–H and O–H groups in total. The molecule has 3 nitrogen and oxygen atoms in total. The minimum atomic E-state index is -0.565. The molecule has 0 radical (unpaired) electrons. The summed E-state index contributed by atoms with van der Waals surface area (Å²) in [6.07, 6.45) is 0. The standard InChI is InChI=1S/C21H17N3S/c1-4-10-17(11-5-1)21(18-12-6-2-7-13-18,19-14-8-3-9-15-19)23-20-22-16-25-24-20/h1-16H,(H,23,24). The lowest BCUT2D eigenvalue weighted by Crippen LogP contribution is -2.38. The molecule has 0 bridgehead atoms. The highest BCUT2D eigenvalue weighted by atomic mass is 32.1. The highest BCUT2D eigenvalue weighted by molar-refractivity contribution is 7.03. The lowest BCUT2D eigenvalue weighted by molar-refractivity contribution is 0.703. The van der Waals surface area contributed by atoms with Gasteiger partial charge in [0.05, 0.1) is 0 Å². The van der Waals surface area contributed by atoms with E-state index in [4.69, 9.17) is 0 Å². The van der Waals surface area contributed by atoms with Gasteiger partial charge in [0, 0.05) is 0 Å². The molecular weight excluding hydrogens is 326 g/mol. The zero-order valence-electron chi connectivity index (χ0n) is 13.5. The monoisotopic (exact) mass is 343 g/mol. The van der Waals surface area contributed by atoms with Gasteiger partial charge in [0.15, 0.2) is 0 Å². The minimum absolute atomic E-state index is 0.565. The van der Waals surface area contributed by atoms with Crippen LogP contribution in [0.5, 0.6) is 0 Å². The molecule has 1 heterocycles. The predicted molar refractivity (Wildman–Crippen MR) is 103 cm³/mol. The third-order valence-corrected chi connectivity index (χ3v) is 4.76. The van der Waals surface area contributed by atoms with Gasteiger partial charge in [-0.15, -0.1) is 0 Å². The van der Waals surface area contributed by atoms with Gasteiger partial charge in [-0.1, -0.05) is 91.0 Å². The van der Waals surface area contributed by atoms with Gasteiger partial charge in [0.25, 0.3) is 0 Å². The second kappa shape index (κ2) is 6.87. The molecule has 0 fully saturated rings. The van der Waals surface area contributed by atoms with Crippen LogP contribution < -0.4 is 5.32 Å². The normalized spacial score (nSPS) is 11.2. The first-order chi connectivity index (χ1) is 12.4. The highest BCUT2D eigenvalue weighted by Gasteiger charge is 2.37. The fourth-order valence-electron chi connectivity index (χ4n) is 3.17. The smallest absolute Gasteiger partial charge is 0.235 e. The van der Waals surface area contributed by atoms with E-state index in [1.165, 1.54) is 11.5 Å². The Kier molecular flexibility index (Phi) is 4.27. The predicted octanol–water partition coefficient (Wildman–Crippen LogP) is 4.94. The van der Waals surface area contributed by atoms with Crippen LogP contribution in [0.3, 0.4) is 0 Å². The number of aromatic nitrogens is 2. The Labute approximate surface area is 151 Å². The van der Waals surface area contributed by atoms with Gasteiger partial charge in [-0.05, 0) is 28.2 Å². The Balaban J connectivity index is 2.01. The van der Waals surface area contributed by atoms with E-state index in [-0.39, 0.29) is 0 Å². The Morgan fingerprint density at radius 3 is 1.44 bits per heavy atom. The van der Waals surface area contributed by atoms with Crippen molar-refractivity contribution in [1.82, 2.24) is 9.36 Å². The second-order valence-corrected chi connectivity index (χ2v) is 6.33. The summed E-state index contributed by atoms with van der Waals surface area (Å²) in [6.45, 7) is 0. The van der Waals surface area contributed by atoms with Gasteiger partial charge < -0.3 is 5.32 Å². The van der Waals surface area contributed by atoms with Gasteiger partial charge in [-0.25, -0.2) is 4.98 Å². The SMILES string of the molecule is c1ccc(C(Nc2ncsn2)(c2ccccc2)c2ccccc2)cc1. The first-order valence-electron chi connectivity index (χ1n) is 8.11. The lowest BCUT2D eigenvalue weighted by Gasteiger charge is -2.36. The fraction of sp³-hybridized carbons (Fsp3) is 0.0476. The van der Waals surface area contributed by atoms with E-state index < -0.39 is 5.54 Å². The molecule has 0 aliphatic heterocycles. The number of nitrogens with zero attached hydrogens (tertiary/aromatic N) is 2. The first-order valence-corrected chi connectivity index (χ1v) is 8.94. The molecule has 25 heavy (non-hydrogen) atoms. The maximum absolute atomic E-state index is 4.40. The maximum Gasteiger partial charge on any atom is 0.235 e. The van der Waals surface area contributed by atoms with Crippen molar-refractivity contribution >= 4 is 17.5 Å². The van der Waals surface area contributed by atoms with Crippen LogP contribution in [0.15, 0.2) is 96.5 Å². The molecule has 0 saturated heterocycles. The van der Waals surface area contributed by atoms with Crippen LogP contribution in [0.25, 0.3) is 0 Å². The summed E-state index contributed by atoms with van der Waals surface area (Å²) in [5, 5.41) is 3.61. The van der Waals surface area contributed by atoms with E-state index in [2.05, 4.69) is 87.5 Å². The van der Waals surface area contributed by atoms with Crippen molar-refractivity contribution < 1.29 is 0 Å². The van der Waals surface area contributed by atoms with Crippen molar-refractivity contribution in [1.29, 1.82) is 0 Å². The van der Waals surface area contributed by atoms with Crippen LogP contribution in [0, 0.1) is 0 Å². The van der Waals surface area contributed by atoms with Gasteiger partial charge in [-0.3, -0.25) is 0 Å². The number of benzene rings is 3. The van der Waals surface area contributed by atoms with Crippen molar-refractivity contribution in [3.05, 3.63) is 113 Å². The third kappa shape index (κ3) is 2.92. The van der Waals surface area contributed by atoms with Crippen molar-refractivity contribution in [2.24, 2.45) is 0 Å². The zero-order chi connectivity index (χ0) is 17.0. The quantitative estimate of drug-likeness (QED) is 0.521. The molecule has 0 aliphatic carbocycles. The number of hydrogen-bond donors (Lipinski definition) is 1. The first kappa shape index (κ1) is 15.5. The van der Waals surface area contributed by atoms with E-state index in [1.54, 1.807) is 5.51 Å². The Bertz CT molecular complexity index is 811. The molecule has 1 aromatic heterocycles. The van der Waals surface area contributed by atoms with Crippen LogP contribution in [-0.2, 0) is 5.54 Å². The van der Waals surface area contributed by atoms with Gasteiger partial charge in [-0.2, -0.15) is 4.37 Å². The number of nitrogens with one attached hydrogen (secondary N) is 1. The maximum atomic E-state index is 4.40. The summed E-state index contributed by atoms with van der Waals surface area (Å²) in [5.41, 5.74) is 4.60. The van der Waals surface area contributed by atoms with E-state index in [0.29, 0.717) is 5.95 Å². The van der Waals surface area contributed by atoms with Crippen molar-refractivity contribution in [3.8, 4) is 0 Å². The molecule has 0 saturated carbocycles. The summed E-state index contributed by atoms with van der Waals surface area (Å²) in [4.78, 5) is 4.37. The molecule has 122 valence electrons. The van der Waals surface area contributed by atoms with Gasteiger partial charge in [0.1, 0.15) is 11.0 Å². The molecule has 4 rings (SSSR count). The van der Waals surface area contributed by atoms with Crippen molar-refractivity contribution in [2.75, 3.05) is 5.32 Å². The molecule has 4 aromatic rings. The summed E-state index contributed by atoms with van der Waals surface area (Å²) in [7, 11) is 0. The lowest BCUT2D eigenvalue weighted by atomic mass is 9.77. The summed E-state index contributed by atoms with van der Waals surface area (Å²) < 4.78 is 4.40. The van der Waals surface area contributed by atoms with E-state index in [0.717, 1.165) is 16.7 Å². The van der Waals surface area contributed by atoms with Crippen molar-refractivity contribution in [2.45, 2.75) is 5.54 Å². The number of hydrogen-bond acceptors (Lipinski definition) is 4. The Morgan fingerprint density at radius 1 is 0.640 bits per heavy atom. The van der Waals surface area contributed by atoms with Crippen molar-refractivity contribution in [3.63, 3.8) is 0 Å². The third-order valence-electron chi connectivity index (χ3n) is 4.28. The summed E-state index contributed by atoms with van der Waals surface area (Å²) in [6, 6.07) is 31.3. The summed E-state index contributed by atoms with van der Waals surface area (Å²) in [5.74, 6) is 0.626. The van der Waals surface area contributed by atoms with E-state index >= 15 is 0 Å². The topological polar surface area (TPSA) is 37.8 Å². The van der Waals surface area contributed by atoms with Crippen LogP contribution in [-0.4, -0.2) is 9.36 Å². The molecule has 4 heteroatoms. The molecular formula is C21H17N3S.